The Bertz CT molecular complexity index is 2310. The molecule has 43 heavy (non-hydrogen) atoms. The molecule has 0 atom stereocenters. The Morgan fingerprint density at radius 2 is 1.07 bits per heavy atom. The third-order valence-electron chi connectivity index (χ3n) is 9.41. The van der Waals surface area contributed by atoms with Crippen molar-refractivity contribution in [3.05, 3.63) is 151 Å². The largest absolute Gasteiger partial charge is 0.310 e. The van der Waals surface area contributed by atoms with E-state index in [-0.39, 0.29) is 5.41 Å². The van der Waals surface area contributed by atoms with Gasteiger partial charge < -0.3 is 4.90 Å². The molecule has 0 radical (unpaired) electrons. The van der Waals surface area contributed by atoms with Crippen LogP contribution in [-0.2, 0) is 5.41 Å². The number of nitrogens with zero attached hydrogens (tertiary/aromatic N) is 1. The van der Waals surface area contributed by atoms with Crippen LogP contribution < -0.4 is 4.90 Å². The number of anilines is 3. The van der Waals surface area contributed by atoms with Crippen LogP contribution in [0.1, 0.15) is 25.0 Å². The molecule has 0 saturated heterocycles. The molecule has 0 amide bonds. The van der Waals surface area contributed by atoms with Gasteiger partial charge in [-0.1, -0.05) is 111 Å². The van der Waals surface area contributed by atoms with Crippen LogP contribution in [0, 0.1) is 0 Å². The first-order valence-electron chi connectivity index (χ1n) is 14.9. The van der Waals surface area contributed by atoms with Gasteiger partial charge in [0.25, 0.3) is 0 Å². The standard InChI is InChI=1S/C41H29NS/c1-41(2)36-22-21-34-33-13-7-8-14-38(33)43-40(34)39(36)35-20-19-32(25-37(35)41)42(30-17-15-26-9-3-5-11-28(26)23-30)31-18-16-27-10-4-6-12-29(27)24-31/h3-25H,1-2H3. The number of hydrogen-bond acceptors (Lipinski definition) is 2. The van der Waals surface area contributed by atoms with E-state index in [1.807, 2.05) is 11.3 Å². The Balaban J connectivity index is 1.27. The van der Waals surface area contributed by atoms with Gasteiger partial charge in [0.1, 0.15) is 0 Å². The smallest absolute Gasteiger partial charge is 0.0468 e. The van der Waals surface area contributed by atoms with Crippen LogP contribution in [0.3, 0.4) is 0 Å². The van der Waals surface area contributed by atoms with Crippen molar-refractivity contribution in [3.8, 4) is 11.1 Å². The summed E-state index contributed by atoms with van der Waals surface area (Å²) in [6.45, 7) is 4.77. The van der Waals surface area contributed by atoms with E-state index in [9.17, 15) is 0 Å². The number of fused-ring (bicyclic) bond motifs is 9. The average molecular weight is 568 g/mol. The van der Waals surface area contributed by atoms with Crippen molar-refractivity contribution in [1.29, 1.82) is 0 Å². The minimum absolute atomic E-state index is 0.108. The van der Waals surface area contributed by atoms with Gasteiger partial charge in [0.2, 0.25) is 0 Å². The van der Waals surface area contributed by atoms with Crippen LogP contribution >= 0.6 is 11.3 Å². The zero-order valence-electron chi connectivity index (χ0n) is 24.1. The molecule has 1 aliphatic carbocycles. The summed E-state index contributed by atoms with van der Waals surface area (Å²) in [6, 6.07) is 51.5. The predicted molar refractivity (Wildman–Crippen MR) is 187 cm³/mol. The maximum atomic E-state index is 2.44. The van der Waals surface area contributed by atoms with E-state index in [4.69, 9.17) is 0 Å². The summed E-state index contributed by atoms with van der Waals surface area (Å²) in [5, 5.41) is 7.71. The van der Waals surface area contributed by atoms with Gasteiger partial charge >= 0.3 is 0 Å². The number of thiophene rings is 1. The highest BCUT2D eigenvalue weighted by molar-refractivity contribution is 7.26. The van der Waals surface area contributed by atoms with Gasteiger partial charge in [0.05, 0.1) is 0 Å². The fraction of sp³-hybridized carbons (Fsp3) is 0.0732. The van der Waals surface area contributed by atoms with Crippen molar-refractivity contribution < 1.29 is 0 Å². The van der Waals surface area contributed by atoms with Crippen LogP contribution in [0.4, 0.5) is 17.1 Å². The molecule has 0 aliphatic heterocycles. The summed E-state index contributed by atoms with van der Waals surface area (Å²) in [6.07, 6.45) is 0. The molecular formula is C41H29NS. The van der Waals surface area contributed by atoms with E-state index in [0.717, 1.165) is 11.4 Å². The minimum atomic E-state index is -0.108. The van der Waals surface area contributed by atoms with Crippen molar-refractivity contribution in [3.63, 3.8) is 0 Å². The van der Waals surface area contributed by atoms with Gasteiger partial charge in [-0.25, -0.2) is 0 Å². The van der Waals surface area contributed by atoms with Crippen molar-refractivity contribution in [2.45, 2.75) is 19.3 Å². The lowest BCUT2D eigenvalue weighted by Gasteiger charge is -2.28. The van der Waals surface area contributed by atoms with Crippen molar-refractivity contribution in [2.24, 2.45) is 0 Å². The lowest BCUT2D eigenvalue weighted by atomic mass is 9.82. The van der Waals surface area contributed by atoms with Gasteiger partial charge in [0.15, 0.2) is 0 Å². The van der Waals surface area contributed by atoms with Gasteiger partial charge in [-0.15, -0.1) is 11.3 Å². The Kier molecular flexibility index (Phi) is 5.18. The molecule has 9 rings (SSSR count). The van der Waals surface area contributed by atoms with Crippen molar-refractivity contribution >= 4 is 70.1 Å². The third kappa shape index (κ3) is 3.63. The van der Waals surface area contributed by atoms with Crippen LogP contribution in [0.15, 0.2) is 140 Å². The molecule has 0 saturated carbocycles. The second kappa shape index (κ2) is 9.04. The Labute approximate surface area is 255 Å². The highest BCUT2D eigenvalue weighted by atomic mass is 32.1. The average Bonchev–Trinajstić information content (AvgIpc) is 3.53. The summed E-state index contributed by atoms with van der Waals surface area (Å²) < 4.78 is 2.76. The molecule has 0 spiro atoms. The second-order valence-electron chi connectivity index (χ2n) is 12.2. The quantitative estimate of drug-likeness (QED) is 0.205. The van der Waals surface area contributed by atoms with E-state index in [1.54, 1.807) is 0 Å². The number of rotatable bonds is 3. The molecular weight excluding hydrogens is 539 g/mol. The first-order valence-corrected chi connectivity index (χ1v) is 15.8. The maximum Gasteiger partial charge on any atom is 0.0468 e. The van der Waals surface area contributed by atoms with E-state index >= 15 is 0 Å². The molecule has 7 aromatic carbocycles. The molecule has 204 valence electrons. The fourth-order valence-electron chi connectivity index (χ4n) is 7.21. The minimum Gasteiger partial charge on any atom is -0.310 e. The fourth-order valence-corrected chi connectivity index (χ4v) is 8.47. The Morgan fingerprint density at radius 1 is 0.488 bits per heavy atom. The molecule has 0 N–H and O–H groups in total. The van der Waals surface area contributed by atoms with E-state index in [2.05, 4.69) is 158 Å². The summed E-state index contributed by atoms with van der Waals surface area (Å²) in [5.41, 5.74) is 8.97. The Morgan fingerprint density at radius 3 is 1.77 bits per heavy atom. The third-order valence-corrected chi connectivity index (χ3v) is 10.6. The highest BCUT2D eigenvalue weighted by Crippen LogP contribution is 2.55. The monoisotopic (exact) mass is 567 g/mol. The molecule has 1 aliphatic rings. The molecule has 0 unspecified atom stereocenters. The van der Waals surface area contributed by atoms with E-state index in [0.29, 0.717) is 0 Å². The molecule has 2 heteroatoms. The highest BCUT2D eigenvalue weighted by Gasteiger charge is 2.37. The SMILES string of the molecule is CC1(C)c2cc(N(c3ccc4ccccc4c3)c3ccc4ccccc4c3)ccc2-c2c1ccc1c2sc2ccccc21. The lowest BCUT2D eigenvalue weighted by Crippen LogP contribution is -2.16. The zero-order chi connectivity index (χ0) is 28.7. The predicted octanol–water partition coefficient (Wildman–Crippen LogP) is 12.1. The lowest BCUT2D eigenvalue weighted by molar-refractivity contribution is 0.661. The van der Waals surface area contributed by atoms with Crippen molar-refractivity contribution in [2.75, 3.05) is 4.90 Å². The van der Waals surface area contributed by atoms with Crippen LogP contribution in [-0.4, -0.2) is 0 Å². The molecule has 0 fully saturated rings. The van der Waals surface area contributed by atoms with E-state index < -0.39 is 0 Å². The molecule has 1 aromatic heterocycles. The molecule has 1 nitrogen and oxygen atoms in total. The second-order valence-corrected chi connectivity index (χ2v) is 13.3. The first-order chi connectivity index (χ1) is 21.1. The number of hydrogen-bond donors (Lipinski definition) is 0. The van der Waals surface area contributed by atoms with Crippen LogP contribution in [0.5, 0.6) is 0 Å². The Hall–Kier alpha value is -4.92. The van der Waals surface area contributed by atoms with Gasteiger partial charge in [-0.3, -0.25) is 0 Å². The summed E-state index contributed by atoms with van der Waals surface area (Å²) >= 11 is 1.93. The van der Waals surface area contributed by atoms with Crippen molar-refractivity contribution in [1.82, 2.24) is 0 Å². The normalized spacial score (nSPS) is 13.5. The first kappa shape index (κ1) is 24.7. The summed E-state index contributed by atoms with van der Waals surface area (Å²) in [7, 11) is 0. The number of benzene rings is 7. The summed E-state index contributed by atoms with van der Waals surface area (Å²) in [5.74, 6) is 0. The van der Waals surface area contributed by atoms with Gasteiger partial charge in [-0.05, 0) is 80.7 Å². The topological polar surface area (TPSA) is 3.24 Å². The maximum absolute atomic E-state index is 2.44. The van der Waals surface area contributed by atoms with Crippen LogP contribution in [0.25, 0.3) is 52.8 Å². The molecule has 1 heterocycles. The van der Waals surface area contributed by atoms with Gasteiger partial charge in [-0.2, -0.15) is 0 Å². The van der Waals surface area contributed by atoms with Crippen LogP contribution in [0.2, 0.25) is 0 Å². The summed E-state index contributed by atoms with van der Waals surface area (Å²) in [4.78, 5) is 2.42. The molecule has 0 bridgehead atoms. The molecule has 8 aromatic rings. The van der Waals surface area contributed by atoms with E-state index in [1.165, 1.54) is 69.7 Å². The zero-order valence-corrected chi connectivity index (χ0v) is 25.0. The van der Waals surface area contributed by atoms with Gasteiger partial charge in [0, 0.05) is 48.2 Å².